The van der Waals surface area contributed by atoms with E-state index in [-0.39, 0.29) is 17.1 Å². The molecule has 148 valence electrons. The van der Waals surface area contributed by atoms with E-state index in [1.165, 1.54) is 5.56 Å². The smallest absolute Gasteiger partial charge is 0.166 e. The van der Waals surface area contributed by atoms with E-state index >= 15 is 0 Å². The first-order valence-corrected chi connectivity index (χ1v) is 9.98. The molecular formula is C23H27NO4. The van der Waals surface area contributed by atoms with Crippen LogP contribution in [0.4, 0.5) is 0 Å². The second kappa shape index (κ2) is 7.84. The lowest BCUT2D eigenvalue weighted by Gasteiger charge is -2.38. The van der Waals surface area contributed by atoms with Crippen LogP contribution in [0, 0.1) is 0 Å². The molecule has 0 atom stereocenters. The molecular weight excluding hydrogens is 354 g/mol. The molecule has 2 heterocycles. The van der Waals surface area contributed by atoms with Crippen LogP contribution in [0.3, 0.4) is 0 Å². The van der Waals surface area contributed by atoms with Crippen molar-refractivity contribution in [2.75, 3.05) is 26.7 Å². The number of rotatable bonds is 6. The van der Waals surface area contributed by atoms with Crippen molar-refractivity contribution in [3.63, 3.8) is 0 Å². The number of ketones is 1. The van der Waals surface area contributed by atoms with Gasteiger partial charge in [0.25, 0.3) is 0 Å². The Hall–Kier alpha value is -2.53. The fourth-order valence-electron chi connectivity index (χ4n) is 4.31. The maximum absolute atomic E-state index is 12.3. The first-order valence-electron chi connectivity index (χ1n) is 9.98. The highest BCUT2D eigenvalue weighted by molar-refractivity contribution is 5.98. The normalized spacial score (nSPS) is 17.9. The van der Waals surface area contributed by atoms with E-state index in [0.29, 0.717) is 12.0 Å². The third kappa shape index (κ3) is 3.85. The molecule has 1 N–H and O–H groups in total. The number of likely N-dealkylation sites (tertiary alicyclic amines) is 1. The van der Waals surface area contributed by atoms with Gasteiger partial charge in [-0.2, -0.15) is 0 Å². The van der Waals surface area contributed by atoms with Crippen LogP contribution in [0.25, 0.3) is 0 Å². The summed E-state index contributed by atoms with van der Waals surface area (Å²) in [7, 11) is 1.69. The lowest BCUT2D eigenvalue weighted by molar-refractivity contribution is 0.0190. The Balaban J connectivity index is 1.25. The van der Waals surface area contributed by atoms with Crippen molar-refractivity contribution in [1.29, 1.82) is 0 Å². The van der Waals surface area contributed by atoms with Crippen molar-refractivity contribution in [3.8, 4) is 17.2 Å². The third-order valence-electron chi connectivity index (χ3n) is 5.96. The van der Waals surface area contributed by atoms with Gasteiger partial charge in [0, 0.05) is 44.3 Å². The zero-order valence-electron chi connectivity index (χ0n) is 16.3. The Kier molecular flexibility index (Phi) is 5.27. The van der Waals surface area contributed by atoms with Gasteiger partial charge >= 0.3 is 0 Å². The minimum Gasteiger partial charge on any atom is -0.507 e. The number of phenols is 1. The van der Waals surface area contributed by atoms with Crippen LogP contribution in [-0.4, -0.2) is 48.1 Å². The first-order chi connectivity index (χ1) is 13.6. The number of carbonyl (C=O) groups excluding carboxylic acids is 1. The number of hydrogen-bond donors (Lipinski definition) is 1. The second-order valence-corrected chi connectivity index (χ2v) is 7.82. The van der Waals surface area contributed by atoms with Crippen LogP contribution in [0.15, 0.2) is 42.5 Å². The molecule has 0 radical (unpaired) electrons. The number of aromatic hydroxyl groups is 1. The van der Waals surface area contributed by atoms with Gasteiger partial charge in [0.1, 0.15) is 22.8 Å². The molecule has 1 saturated heterocycles. The van der Waals surface area contributed by atoms with Crippen molar-refractivity contribution in [3.05, 3.63) is 53.6 Å². The SMILES string of the molecule is COc1ccc2c(c1)CC1(CCN(CCCC(=O)c3ccccc3O)CC1)O2. The largest absolute Gasteiger partial charge is 0.507 e. The van der Waals surface area contributed by atoms with E-state index < -0.39 is 0 Å². The molecule has 5 nitrogen and oxygen atoms in total. The summed E-state index contributed by atoms with van der Waals surface area (Å²) in [5, 5.41) is 9.80. The molecule has 1 fully saturated rings. The van der Waals surface area contributed by atoms with Gasteiger partial charge in [0.15, 0.2) is 5.78 Å². The fourth-order valence-corrected chi connectivity index (χ4v) is 4.31. The molecule has 0 amide bonds. The maximum atomic E-state index is 12.3. The number of carbonyl (C=O) groups is 1. The third-order valence-corrected chi connectivity index (χ3v) is 5.96. The number of piperidine rings is 1. The Labute approximate surface area is 165 Å². The van der Waals surface area contributed by atoms with Crippen LogP contribution in [-0.2, 0) is 6.42 Å². The fraction of sp³-hybridized carbons (Fsp3) is 0.435. The molecule has 1 spiro atoms. The van der Waals surface area contributed by atoms with Gasteiger partial charge in [-0.3, -0.25) is 4.79 Å². The van der Waals surface area contributed by atoms with Crippen molar-refractivity contribution in [2.45, 2.75) is 37.7 Å². The zero-order valence-corrected chi connectivity index (χ0v) is 16.3. The predicted molar refractivity (Wildman–Crippen MR) is 107 cm³/mol. The summed E-state index contributed by atoms with van der Waals surface area (Å²) in [6.45, 7) is 2.86. The number of benzene rings is 2. The van der Waals surface area contributed by atoms with E-state index in [1.54, 1.807) is 31.4 Å². The van der Waals surface area contributed by atoms with Gasteiger partial charge in [-0.25, -0.2) is 0 Å². The molecule has 5 heteroatoms. The predicted octanol–water partition coefficient (Wildman–Crippen LogP) is 3.83. The minimum atomic E-state index is -0.0865. The molecule has 0 aromatic heterocycles. The van der Waals surface area contributed by atoms with Gasteiger partial charge < -0.3 is 19.5 Å². The standard InChI is InChI=1S/C23H27NO4/c1-27-18-8-9-22-17(15-18)16-23(28-22)10-13-24(14-11-23)12-4-7-21(26)19-5-2-3-6-20(19)25/h2-3,5-6,8-9,15,25H,4,7,10-14,16H2,1H3. The molecule has 0 saturated carbocycles. The molecule has 4 rings (SSSR count). The van der Waals surface area contributed by atoms with Crippen LogP contribution < -0.4 is 9.47 Å². The highest BCUT2D eigenvalue weighted by Gasteiger charge is 2.41. The quantitative estimate of drug-likeness (QED) is 0.771. The molecule has 0 bridgehead atoms. The van der Waals surface area contributed by atoms with Crippen molar-refractivity contribution in [2.24, 2.45) is 0 Å². The van der Waals surface area contributed by atoms with Gasteiger partial charge in [-0.05, 0) is 43.3 Å². The maximum Gasteiger partial charge on any atom is 0.166 e. The molecule has 2 aliphatic heterocycles. The van der Waals surface area contributed by atoms with Crippen LogP contribution in [0.1, 0.15) is 41.6 Å². The molecule has 28 heavy (non-hydrogen) atoms. The van der Waals surface area contributed by atoms with Gasteiger partial charge in [-0.1, -0.05) is 12.1 Å². The van der Waals surface area contributed by atoms with Crippen molar-refractivity contribution >= 4 is 5.78 Å². The summed E-state index contributed by atoms with van der Waals surface area (Å²) in [4.78, 5) is 14.7. The highest BCUT2D eigenvalue weighted by atomic mass is 16.5. The average Bonchev–Trinajstić information content (AvgIpc) is 3.06. The molecule has 0 unspecified atom stereocenters. The summed E-state index contributed by atoms with van der Waals surface area (Å²) >= 11 is 0. The summed E-state index contributed by atoms with van der Waals surface area (Å²) in [5.74, 6) is 1.95. The number of Topliss-reactive ketones (excluding diaryl/α,β-unsaturated/α-hetero) is 1. The van der Waals surface area contributed by atoms with E-state index in [1.807, 2.05) is 12.1 Å². The highest BCUT2D eigenvalue weighted by Crippen LogP contribution is 2.42. The number of ether oxygens (including phenoxy) is 2. The van der Waals surface area contributed by atoms with Crippen LogP contribution in [0.2, 0.25) is 0 Å². The van der Waals surface area contributed by atoms with Gasteiger partial charge in [0.2, 0.25) is 0 Å². The molecule has 2 aromatic rings. The van der Waals surface area contributed by atoms with E-state index in [9.17, 15) is 9.90 Å². The van der Waals surface area contributed by atoms with Crippen molar-refractivity contribution < 1.29 is 19.4 Å². The second-order valence-electron chi connectivity index (χ2n) is 7.82. The van der Waals surface area contributed by atoms with Crippen molar-refractivity contribution in [1.82, 2.24) is 4.90 Å². The van der Waals surface area contributed by atoms with E-state index in [2.05, 4.69) is 11.0 Å². The van der Waals surface area contributed by atoms with E-state index in [4.69, 9.17) is 9.47 Å². The Morgan fingerprint density at radius 2 is 2.00 bits per heavy atom. The lowest BCUT2D eigenvalue weighted by atomic mass is 9.87. The summed E-state index contributed by atoms with van der Waals surface area (Å²) in [6.07, 6.45) is 4.20. The molecule has 2 aromatic carbocycles. The molecule has 0 aliphatic carbocycles. The zero-order chi connectivity index (χ0) is 19.6. The van der Waals surface area contributed by atoms with Crippen LogP contribution >= 0.6 is 0 Å². The number of fused-ring (bicyclic) bond motifs is 1. The lowest BCUT2D eigenvalue weighted by Crippen LogP contribution is -2.47. The number of methoxy groups -OCH3 is 1. The van der Waals surface area contributed by atoms with Gasteiger partial charge in [-0.15, -0.1) is 0 Å². The Morgan fingerprint density at radius 3 is 2.75 bits per heavy atom. The Bertz CT molecular complexity index is 855. The first kappa shape index (κ1) is 18.8. The Morgan fingerprint density at radius 1 is 1.21 bits per heavy atom. The summed E-state index contributed by atoms with van der Waals surface area (Å²) in [5.41, 5.74) is 1.57. The summed E-state index contributed by atoms with van der Waals surface area (Å²) in [6, 6.07) is 12.8. The summed E-state index contributed by atoms with van der Waals surface area (Å²) < 4.78 is 11.7. The number of hydrogen-bond acceptors (Lipinski definition) is 5. The van der Waals surface area contributed by atoms with E-state index in [0.717, 1.165) is 56.8 Å². The van der Waals surface area contributed by atoms with Crippen LogP contribution in [0.5, 0.6) is 17.2 Å². The number of phenolic OH excluding ortho intramolecular Hbond substituents is 1. The number of para-hydroxylation sites is 1. The monoisotopic (exact) mass is 381 g/mol. The number of nitrogens with zero attached hydrogens (tertiary/aromatic N) is 1. The minimum absolute atomic E-state index is 0.00935. The average molecular weight is 381 g/mol. The topological polar surface area (TPSA) is 59.0 Å². The molecule has 2 aliphatic rings. The van der Waals surface area contributed by atoms with Gasteiger partial charge in [0.05, 0.1) is 12.7 Å².